The first-order valence-corrected chi connectivity index (χ1v) is 7.49. The number of para-hydroxylation sites is 2. The number of fused-ring (bicyclic) bond motifs is 1. The molecule has 2 aromatic carbocycles. The second-order valence-electron chi connectivity index (χ2n) is 5.46. The van der Waals surface area contributed by atoms with Gasteiger partial charge in [0.15, 0.2) is 0 Å². The first-order valence-electron chi connectivity index (χ1n) is 7.49. The first-order chi connectivity index (χ1) is 11.5. The minimum atomic E-state index is -1.09. The van der Waals surface area contributed by atoms with Crippen molar-refractivity contribution in [1.29, 1.82) is 0 Å². The molecular formula is C18H15FN2O3. The van der Waals surface area contributed by atoms with Crippen molar-refractivity contribution < 1.29 is 14.3 Å². The van der Waals surface area contributed by atoms with E-state index in [1.54, 1.807) is 36.4 Å². The largest absolute Gasteiger partial charge is 0.480 e. The molecule has 1 heterocycles. The zero-order valence-corrected chi connectivity index (χ0v) is 12.8. The summed E-state index contributed by atoms with van der Waals surface area (Å²) in [6, 6.07) is 13.0. The van der Waals surface area contributed by atoms with E-state index >= 15 is 0 Å². The van der Waals surface area contributed by atoms with Gasteiger partial charge >= 0.3 is 5.97 Å². The molecule has 3 rings (SSSR count). The Kier molecular flexibility index (Phi) is 4.37. The summed E-state index contributed by atoms with van der Waals surface area (Å²) in [5.41, 5.74) is 1.86. The van der Waals surface area contributed by atoms with Crippen LogP contribution in [-0.2, 0) is 24.2 Å². The van der Waals surface area contributed by atoms with Gasteiger partial charge in [-0.15, -0.1) is 0 Å². The molecule has 0 spiro atoms. The fourth-order valence-corrected chi connectivity index (χ4v) is 2.61. The van der Waals surface area contributed by atoms with Gasteiger partial charge < -0.3 is 5.11 Å². The number of halogens is 1. The molecule has 0 unspecified atom stereocenters. The topological polar surface area (TPSA) is 72.2 Å². The second-order valence-corrected chi connectivity index (χ2v) is 5.46. The number of hydrogen-bond acceptors (Lipinski definition) is 3. The molecule has 0 aliphatic heterocycles. The average molecular weight is 326 g/mol. The van der Waals surface area contributed by atoms with Gasteiger partial charge in [-0.25, -0.2) is 9.37 Å². The molecule has 0 fully saturated rings. The van der Waals surface area contributed by atoms with E-state index in [2.05, 4.69) is 4.98 Å². The highest BCUT2D eigenvalue weighted by Crippen LogP contribution is 2.12. The third-order valence-electron chi connectivity index (χ3n) is 3.78. The molecule has 0 radical (unpaired) electrons. The zero-order valence-electron chi connectivity index (χ0n) is 12.8. The van der Waals surface area contributed by atoms with Gasteiger partial charge in [0.25, 0.3) is 5.56 Å². The van der Waals surface area contributed by atoms with Crippen LogP contribution in [0.15, 0.2) is 53.3 Å². The van der Waals surface area contributed by atoms with Gasteiger partial charge in [0.05, 0.1) is 11.0 Å². The van der Waals surface area contributed by atoms with E-state index in [4.69, 9.17) is 5.11 Å². The second kappa shape index (κ2) is 6.62. The molecule has 0 saturated heterocycles. The molecule has 122 valence electrons. The van der Waals surface area contributed by atoms with Crippen molar-refractivity contribution in [3.05, 3.63) is 76.0 Å². The Hall–Kier alpha value is -3.02. The van der Waals surface area contributed by atoms with Crippen LogP contribution in [0.1, 0.15) is 11.3 Å². The molecule has 0 saturated carbocycles. The van der Waals surface area contributed by atoms with Crippen molar-refractivity contribution >= 4 is 17.0 Å². The highest BCUT2D eigenvalue weighted by molar-refractivity contribution is 5.77. The van der Waals surface area contributed by atoms with E-state index in [1.165, 1.54) is 16.7 Å². The van der Waals surface area contributed by atoms with E-state index in [1.807, 2.05) is 0 Å². The van der Waals surface area contributed by atoms with Gasteiger partial charge in [-0.2, -0.15) is 0 Å². The summed E-state index contributed by atoms with van der Waals surface area (Å²) in [5, 5.41) is 9.06. The third kappa shape index (κ3) is 3.32. The number of benzene rings is 2. The SMILES string of the molecule is O=C(O)Cn1c(=O)c(CCc2ccc(F)cc2)nc2ccccc21. The predicted molar refractivity (Wildman–Crippen MR) is 87.4 cm³/mol. The van der Waals surface area contributed by atoms with Crippen molar-refractivity contribution in [2.24, 2.45) is 0 Å². The summed E-state index contributed by atoms with van der Waals surface area (Å²) in [7, 11) is 0. The molecule has 0 aliphatic rings. The minimum Gasteiger partial charge on any atom is -0.480 e. The summed E-state index contributed by atoms with van der Waals surface area (Å²) in [6.45, 7) is -0.411. The molecule has 0 amide bonds. The monoisotopic (exact) mass is 326 g/mol. The Morgan fingerprint density at radius 2 is 1.79 bits per heavy atom. The number of aliphatic carboxylic acids is 1. The highest BCUT2D eigenvalue weighted by Gasteiger charge is 2.13. The molecule has 3 aromatic rings. The standard InChI is InChI=1S/C18H15FN2O3/c19-13-8-5-12(6-9-13)7-10-15-18(24)21(11-17(22)23)16-4-2-1-3-14(16)20-15/h1-6,8-9H,7,10-11H2,(H,22,23). The van der Waals surface area contributed by atoms with E-state index < -0.39 is 18.1 Å². The van der Waals surface area contributed by atoms with Crippen LogP contribution in [0.5, 0.6) is 0 Å². The van der Waals surface area contributed by atoms with Crippen LogP contribution in [0, 0.1) is 5.82 Å². The molecule has 6 heteroatoms. The Morgan fingerprint density at radius 1 is 1.08 bits per heavy atom. The van der Waals surface area contributed by atoms with Crippen molar-refractivity contribution in [2.45, 2.75) is 19.4 Å². The normalized spacial score (nSPS) is 10.9. The number of hydrogen-bond donors (Lipinski definition) is 1. The van der Waals surface area contributed by atoms with E-state index in [-0.39, 0.29) is 5.82 Å². The molecular weight excluding hydrogens is 311 g/mol. The summed E-state index contributed by atoms with van der Waals surface area (Å²) < 4.78 is 14.2. The lowest BCUT2D eigenvalue weighted by Gasteiger charge is -2.10. The number of carboxylic acids is 1. The molecule has 1 aromatic heterocycles. The Morgan fingerprint density at radius 3 is 2.50 bits per heavy atom. The molecule has 0 aliphatic carbocycles. The number of aromatic nitrogens is 2. The first kappa shape index (κ1) is 15.9. The lowest BCUT2D eigenvalue weighted by Crippen LogP contribution is -2.29. The van der Waals surface area contributed by atoms with Crippen LogP contribution in [0.3, 0.4) is 0 Å². The maximum atomic E-state index is 12.9. The fraction of sp³-hybridized carbons (Fsp3) is 0.167. The number of nitrogens with zero attached hydrogens (tertiary/aromatic N) is 2. The fourth-order valence-electron chi connectivity index (χ4n) is 2.61. The number of rotatable bonds is 5. The quantitative estimate of drug-likeness (QED) is 0.781. The van der Waals surface area contributed by atoms with Crippen molar-refractivity contribution in [3.63, 3.8) is 0 Å². The Balaban J connectivity index is 1.98. The number of carbonyl (C=O) groups is 1. The number of carboxylic acid groups (broad SMARTS) is 1. The molecule has 1 N–H and O–H groups in total. The summed E-state index contributed by atoms with van der Waals surface area (Å²) in [6.07, 6.45) is 0.878. The maximum Gasteiger partial charge on any atom is 0.323 e. The smallest absolute Gasteiger partial charge is 0.323 e. The highest BCUT2D eigenvalue weighted by atomic mass is 19.1. The Bertz CT molecular complexity index is 949. The third-order valence-corrected chi connectivity index (χ3v) is 3.78. The predicted octanol–water partition coefficient (Wildman–Crippen LogP) is 2.41. The maximum absolute atomic E-state index is 12.9. The van der Waals surface area contributed by atoms with Gasteiger partial charge in [0.1, 0.15) is 18.1 Å². The molecule has 0 bridgehead atoms. The van der Waals surface area contributed by atoms with Crippen LogP contribution in [0.2, 0.25) is 0 Å². The summed E-state index contributed by atoms with van der Waals surface area (Å²) in [4.78, 5) is 28.0. The summed E-state index contributed by atoms with van der Waals surface area (Å²) >= 11 is 0. The lowest BCUT2D eigenvalue weighted by atomic mass is 10.1. The van der Waals surface area contributed by atoms with Gasteiger partial charge in [0, 0.05) is 0 Å². The zero-order chi connectivity index (χ0) is 17.1. The Labute approximate surface area is 137 Å². The van der Waals surface area contributed by atoms with Crippen LogP contribution >= 0.6 is 0 Å². The van der Waals surface area contributed by atoms with E-state index in [0.29, 0.717) is 29.6 Å². The molecule has 0 atom stereocenters. The number of aryl methyl sites for hydroxylation is 2. The molecule has 5 nitrogen and oxygen atoms in total. The van der Waals surface area contributed by atoms with Crippen LogP contribution < -0.4 is 5.56 Å². The van der Waals surface area contributed by atoms with Gasteiger partial charge in [-0.05, 0) is 42.7 Å². The van der Waals surface area contributed by atoms with Crippen LogP contribution in [0.25, 0.3) is 11.0 Å². The van der Waals surface area contributed by atoms with Gasteiger partial charge in [0.2, 0.25) is 0 Å². The summed E-state index contributed by atoms with van der Waals surface area (Å²) in [5.74, 6) is -1.40. The van der Waals surface area contributed by atoms with Crippen molar-refractivity contribution in [3.8, 4) is 0 Å². The van der Waals surface area contributed by atoms with E-state index in [0.717, 1.165) is 5.56 Å². The van der Waals surface area contributed by atoms with Crippen molar-refractivity contribution in [2.75, 3.05) is 0 Å². The van der Waals surface area contributed by atoms with Crippen molar-refractivity contribution in [1.82, 2.24) is 9.55 Å². The minimum absolute atomic E-state index is 0.305. The van der Waals surface area contributed by atoms with E-state index in [9.17, 15) is 14.0 Å². The average Bonchev–Trinajstić information content (AvgIpc) is 2.57. The van der Waals surface area contributed by atoms with Gasteiger partial charge in [-0.3, -0.25) is 14.2 Å². The molecule has 24 heavy (non-hydrogen) atoms. The van der Waals surface area contributed by atoms with Gasteiger partial charge in [-0.1, -0.05) is 24.3 Å². The van der Waals surface area contributed by atoms with Crippen LogP contribution in [0.4, 0.5) is 4.39 Å². The van der Waals surface area contributed by atoms with Crippen LogP contribution in [-0.4, -0.2) is 20.6 Å². The lowest BCUT2D eigenvalue weighted by molar-refractivity contribution is -0.137.